The zero-order valence-corrected chi connectivity index (χ0v) is 12.8. The van der Waals surface area contributed by atoms with Crippen LogP contribution in [-0.2, 0) is 6.61 Å². The highest BCUT2D eigenvalue weighted by molar-refractivity contribution is 5.55. The summed E-state index contributed by atoms with van der Waals surface area (Å²) < 4.78 is 5.84. The average molecular weight is 297 g/mol. The third-order valence-electron chi connectivity index (χ3n) is 3.38. The summed E-state index contributed by atoms with van der Waals surface area (Å²) >= 11 is 0. The van der Waals surface area contributed by atoms with Crippen molar-refractivity contribution >= 4 is 6.08 Å². The first-order valence-corrected chi connectivity index (χ1v) is 7.22. The molecule has 4 heteroatoms. The van der Waals surface area contributed by atoms with Crippen LogP contribution >= 0.6 is 0 Å². The third-order valence-corrected chi connectivity index (χ3v) is 3.38. The van der Waals surface area contributed by atoms with E-state index in [0.29, 0.717) is 13.0 Å². The van der Waals surface area contributed by atoms with E-state index in [4.69, 9.17) is 4.74 Å². The molecule has 22 heavy (non-hydrogen) atoms. The quantitative estimate of drug-likeness (QED) is 0.578. The largest absolute Gasteiger partial charge is 0.489 e. The molecule has 0 radical (unpaired) electrons. The summed E-state index contributed by atoms with van der Waals surface area (Å²) in [5.74, 6) is 0.747. The fourth-order valence-corrected chi connectivity index (χ4v) is 2.07. The van der Waals surface area contributed by atoms with E-state index in [-0.39, 0.29) is 10.6 Å². The zero-order chi connectivity index (χ0) is 15.9. The molecule has 0 unspecified atom stereocenters. The van der Waals surface area contributed by atoms with Gasteiger partial charge in [-0.25, -0.2) is 0 Å². The van der Waals surface area contributed by atoms with Gasteiger partial charge in [0.15, 0.2) is 0 Å². The summed E-state index contributed by atoms with van der Waals surface area (Å²) in [6.45, 7) is 4.21. The number of aryl methyl sites for hydroxylation is 1. The lowest BCUT2D eigenvalue weighted by atomic mass is 10.1. The molecule has 0 saturated carbocycles. The number of benzene rings is 2. The highest BCUT2D eigenvalue weighted by atomic mass is 16.6. The topological polar surface area (TPSA) is 52.4 Å². The van der Waals surface area contributed by atoms with Gasteiger partial charge in [-0.15, -0.1) is 0 Å². The summed E-state index contributed by atoms with van der Waals surface area (Å²) in [5.41, 5.74) is 3.06. The van der Waals surface area contributed by atoms with Crippen molar-refractivity contribution in [1.82, 2.24) is 0 Å². The molecule has 2 rings (SSSR count). The maximum atomic E-state index is 10.9. The molecule has 2 aromatic rings. The number of allylic oxidation sites excluding steroid dienone is 1. The highest BCUT2D eigenvalue weighted by Crippen LogP contribution is 2.23. The predicted octanol–water partition coefficient (Wildman–Crippen LogP) is 4.60. The van der Waals surface area contributed by atoms with E-state index in [1.54, 1.807) is 13.0 Å². The van der Waals surface area contributed by atoms with Crippen molar-refractivity contribution in [3.63, 3.8) is 0 Å². The molecule has 0 bridgehead atoms. The van der Waals surface area contributed by atoms with Crippen LogP contribution in [0, 0.1) is 17.0 Å². The SMILES string of the molecule is CCC(=Cc1ccc(C)c(OCc2ccccc2)c1)[N+](=O)[O-]. The second-order valence-electron chi connectivity index (χ2n) is 5.05. The van der Waals surface area contributed by atoms with Crippen LogP contribution < -0.4 is 4.74 Å². The minimum atomic E-state index is -0.343. The number of hydrogen-bond donors (Lipinski definition) is 0. The van der Waals surface area contributed by atoms with E-state index in [9.17, 15) is 10.1 Å². The first-order valence-electron chi connectivity index (χ1n) is 7.22. The molecule has 0 heterocycles. The Morgan fingerprint density at radius 3 is 2.59 bits per heavy atom. The monoisotopic (exact) mass is 297 g/mol. The van der Waals surface area contributed by atoms with Crippen LogP contribution in [0.2, 0.25) is 0 Å². The summed E-state index contributed by atoms with van der Waals surface area (Å²) in [6, 6.07) is 15.5. The maximum Gasteiger partial charge on any atom is 0.246 e. The van der Waals surface area contributed by atoms with Gasteiger partial charge in [0.05, 0.1) is 4.92 Å². The summed E-state index contributed by atoms with van der Waals surface area (Å²) in [4.78, 5) is 10.6. The average Bonchev–Trinajstić information content (AvgIpc) is 2.53. The lowest BCUT2D eigenvalue weighted by Gasteiger charge is -2.10. The Kier molecular flexibility index (Phi) is 5.31. The van der Waals surface area contributed by atoms with Crippen molar-refractivity contribution in [1.29, 1.82) is 0 Å². The molecule has 0 saturated heterocycles. The van der Waals surface area contributed by atoms with Gasteiger partial charge in [0.1, 0.15) is 12.4 Å². The first kappa shape index (κ1) is 15.8. The molecule has 4 nitrogen and oxygen atoms in total. The van der Waals surface area contributed by atoms with Crippen LogP contribution in [0.3, 0.4) is 0 Å². The molecule has 0 aliphatic heterocycles. The number of ether oxygens (including phenoxy) is 1. The lowest BCUT2D eigenvalue weighted by molar-refractivity contribution is -0.425. The Labute approximate surface area is 130 Å². The van der Waals surface area contributed by atoms with E-state index < -0.39 is 0 Å². The maximum absolute atomic E-state index is 10.9. The van der Waals surface area contributed by atoms with Crippen molar-refractivity contribution in [2.24, 2.45) is 0 Å². The van der Waals surface area contributed by atoms with Gasteiger partial charge in [0, 0.05) is 12.5 Å². The molecule has 0 N–H and O–H groups in total. The smallest absolute Gasteiger partial charge is 0.246 e. The van der Waals surface area contributed by atoms with Crippen molar-refractivity contribution in [2.45, 2.75) is 26.9 Å². The fraction of sp³-hybridized carbons (Fsp3) is 0.222. The second kappa shape index (κ2) is 7.41. The molecule has 114 valence electrons. The van der Waals surface area contributed by atoms with Crippen LogP contribution in [0.25, 0.3) is 6.08 Å². The zero-order valence-electron chi connectivity index (χ0n) is 12.8. The number of nitro groups is 1. The van der Waals surface area contributed by atoms with Gasteiger partial charge in [-0.2, -0.15) is 0 Å². The van der Waals surface area contributed by atoms with Gasteiger partial charge in [0.25, 0.3) is 0 Å². The van der Waals surface area contributed by atoms with Crippen molar-refractivity contribution in [2.75, 3.05) is 0 Å². The van der Waals surface area contributed by atoms with Crippen LogP contribution in [-0.4, -0.2) is 4.92 Å². The van der Waals surface area contributed by atoms with E-state index >= 15 is 0 Å². The minimum Gasteiger partial charge on any atom is -0.489 e. The Morgan fingerprint density at radius 2 is 1.95 bits per heavy atom. The highest BCUT2D eigenvalue weighted by Gasteiger charge is 2.08. The van der Waals surface area contributed by atoms with Gasteiger partial charge in [-0.3, -0.25) is 10.1 Å². The van der Waals surface area contributed by atoms with Crippen LogP contribution in [0.15, 0.2) is 54.2 Å². The molecular weight excluding hydrogens is 278 g/mol. The molecule has 0 spiro atoms. The molecule has 0 fully saturated rings. The van der Waals surface area contributed by atoms with E-state index in [2.05, 4.69) is 0 Å². The van der Waals surface area contributed by atoms with Gasteiger partial charge < -0.3 is 4.74 Å². The molecule has 0 aliphatic carbocycles. The molecule has 2 aromatic carbocycles. The van der Waals surface area contributed by atoms with Crippen molar-refractivity contribution < 1.29 is 9.66 Å². The first-order chi connectivity index (χ1) is 10.6. The molecule has 0 aliphatic rings. The van der Waals surface area contributed by atoms with E-state index in [1.807, 2.05) is 55.5 Å². The van der Waals surface area contributed by atoms with Crippen LogP contribution in [0.1, 0.15) is 30.0 Å². The Bertz CT molecular complexity index is 678. The van der Waals surface area contributed by atoms with Crippen molar-refractivity contribution in [3.05, 3.63) is 81.0 Å². The number of nitrogens with zero attached hydrogens (tertiary/aromatic N) is 1. The van der Waals surface area contributed by atoms with E-state index in [1.165, 1.54) is 0 Å². The van der Waals surface area contributed by atoms with Gasteiger partial charge in [0.2, 0.25) is 5.70 Å². The van der Waals surface area contributed by atoms with Gasteiger partial charge >= 0.3 is 0 Å². The predicted molar refractivity (Wildman–Crippen MR) is 87.2 cm³/mol. The molecule has 0 atom stereocenters. The Balaban J connectivity index is 2.18. The van der Waals surface area contributed by atoms with Gasteiger partial charge in [-0.05, 0) is 29.7 Å². The fourth-order valence-electron chi connectivity index (χ4n) is 2.07. The molecular formula is C18H19NO3. The Morgan fingerprint density at radius 1 is 1.23 bits per heavy atom. The van der Waals surface area contributed by atoms with Crippen molar-refractivity contribution in [3.8, 4) is 5.75 Å². The summed E-state index contributed by atoms with van der Waals surface area (Å²) in [6.07, 6.45) is 1.98. The summed E-state index contributed by atoms with van der Waals surface area (Å²) in [7, 11) is 0. The van der Waals surface area contributed by atoms with E-state index in [0.717, 1.165) is 22.4 Å². The third kappa shape index (κ3) is 4.19. The lowest BCUT2D eigenvalue weighted by Crippen LogP contribution is -1.98. The number of hydrogen-bond acceptors (Lipinski definition) is 3. The second-order valence-corrected chi connectivity index (χ2v) is 5.05. The standard InChI is InChI=1S/C18H19NO3/c1-3-17(19(20)21)11-16-10-9-14(2)18(12-16)22-13-15-7-5-4-6-8-15/h4-12H,3,13H2,1-2H3. The van der Waals surface area contributed by atoms with Gasteiger partial charge in [-0.1, -0.05) is 49.4 Å². The molecule has 0 amide bonds. The van der Waals surface area contributed by atoms with Crippen LogP contribution in [0.5, 0.6) is 5.75 Å². The van der Waals surface area contributed by atoms with Crippen LogP contribution in [0.4, 0.5) is 0 Å². The normalized spacial score (nSPS) is 11.3. The number of rotatable bonds is 6. The minimum absolute atomic E-state index is 0.192. The molecule has 0 aromatic heterocycles. The summed E-state index contributed by atoms with van der Waals surface area (Å²) in [5, 5.41) is 10.9. The Hall–Kier alpha value is -2.62.